The number of benzene rings is 1. The van der Waals surface area contributed by atoms with E-state index in [9.17, 15) is 4.79 Å². The van der Waals surface area contributed by atoms with Gasteiger partial charge in [0.15, 0.2) is 0 Å². The van der Waals surface area contributed by atoms with Gasteiger partial charge in [0, 0.05) is 10.7 Å². The number of hydrogen-bond acceptors (Lipinski definition) is 5. The average molecular weight is 352 g/mol. The van der Waals surface area contributed by atoms with E-state index in [2.05, 4.69) is 20.8 Å². The van der Waals surface area contributed by atoms with E-state index in [4.69, 9.17) is 11.6 Å². The third-order valence-electron chi connectivity index (χ3n) is 3.92. The van der Waals surface area contributed by atoms with Crippen LogP contribution >= 0.6 is 23.4 Å². The molecule has 1 aliphatic rings. The van der Waals surface area contributed by atoms with Gasteiger partial charge in [-0.1, -0.05) is 42.3 Å². The van der Waals surface area contributed by atoms with Gasteiger partial charge in [-0.05, 0) is 47.9 Å². The monoisotopic (exact) mass is 351 g/mol. The van der Waals surface area contributed by atoms with E-state index in [1.807, 2.05) is 23.7 Å². The molecule has 23 heavy (non-hydrogen) atoms. The summed E-state index contributed by atoms with van der Waals surface area (Å²) in [5.41, 5.74) is 1.68. The molecule has 1 aliphatic carbocycles. The van der Waals surface area contributed by atoms with Crippen molar-refractivity contribution in [2.24, 2.45) is 0 Å². The molecule has 1 fully saturated rings. The third kappa shape index (κ3) is 4.03. The first kappa shape index (κ1) is 16.3. The van der Waals surface area contributed by atoms with Crippen LogP contribution in [-0.4, -0.2) is 31.9 Å². The van der Waals surface area contributed by atoms with Gasteiger partial charge in [0.25, 0.3) is 0 Å². The van der Waals surface area contributed by atoms with Gasteiger partial charge < -0.3 is 5.32 Å². The topological polar surface area (TPSA) is 72.7 Å². The number of amides is 1. The van der Waals surface area contributed by atoms with Crippen LogP contribution in [0.2, 0.25) is 5.02 Å². The van der Waals surface area contributed by atoms with Gasteiger partial charge >= 0.3 is 0 Å². The van der Waals surface area contributed by atoms with Gasteiger partial charge in [-0.25, -0.2) is 4.68 Å². The summed E-state index contributed by atoms with van der Waals surface area (Å²) in [6.07, 6.45) is 4.63. The molecule has 0 unspecified atom stereocenters. The highest BCUT2D eigenvalue weighted by atomic mass is 35.5. The number of carbonyl (C=O) groups is 1. The van der Waals surface area contributed by atoms with Crippen LogP contribution < -0.4 is 5.32 Å². The minimum atomic E-state index is -0.101. The molecule has 1 heterocycles. The highest BCUT2D eigenvalue weighted by molar-refractivity contribution is 7.99. The van der Waals surface area contributed by atoms with Gasteiger partial charge in [-0.3, -0.25) is 4.79 Å². The molecule has 0 saturated heterocycles. The molecule has 0 atom stereocenters. The Morgan fingerprint density at radius 3 is 2.96 bits per heavy atom. The quantitative estimate of drug-likeness (QED) is 0.835. The lowest BCUT2D eigenvalue weighted by molar-refractivity contribution is -0.113. The van der Waals surface area contributed by atoms with Gasteiger partial charge in [-0.2, -0.15) is 0 Å². The summed E-state index contributed by atoms with van der Waals surface area (Å²) < 4.78 is 1.85. The fourth-order valence-corrected chi connectivity index (χ4v) is 3.58. The summed E-state index contributed by atoms with van der Waals surface area (Å²) in [4.78, 5) is 12.1. The Morgan fingerprint density at radius 1 is 1.43 bits per heavy atom. The second-order valence-corrected chi connectivity index (χ2v) is 6.99. The predicted octanol–water partition coefficient (Wildman–Crippen LogP) is 3.48. The lowest BCUT2D eigenvalue weighted by Gasteiger charge is -2.11. The number of carbonyl (C=O) groups excluding carboxylic acids is 1. The Hall–Kier alpha value is -1.60. The summed E-state index contributed by atoms with van der Waals surface area (Å²) in [6.45, 7) is 1.92. The molecule has 1 saturated carbocycles. The zero-order chi connectivity index (χ0) is 16.2. The first-order valence-corrected chi connectivity index (χ1v) is 8.96. The van der Waals surface area contributed by atoms with Crippen molar-refractivity contribution in [1.82, 2.24) is 20.2 Å². The number of tetrazole rings is 1. The smallest absolute Gasteiger partial charge is 0.234 e. The Balaban J connectivity index is 1.57. The van der Waals surface area contributed by atoms with Crippen molar-refractivity contribution in [3.63, 3.8) is 0 Å². The number of halogens is 1. The maximum Gasteiger partial charge on any atom is 0.234 e. The normalized spacial score (nSPS) is 15.0. The number of thioether (sulfide) groups is 1. The molecule has 2 aromatic rings. The zero-order valence-corrected chi connectivity index (χ0v) is 14.4. The number of aromatic nitrogens is 4. The number of rotatable bonds is 5. The van der Waals surface area contributed by atoms with Gasteiger partial charge in [-0.15, -0.1) is 5.10 Å². The van der Waals surface area contributed by atoms with Crippen molar-refractivity contribution in [2.75, 3.05) is 11.1 Å². The lowest BCUT2D eigenvalue weighted by Crippen LogP contribution is -2.15. The van der Waals surface area contributed by atoms with Crippen LogP contribution in [0.25, 0.3) is 0 Å². The SMILES string of the molecule is Cc1ccc(NC(=O)CSc2nnnn2C2CCCC2)cc1Cl. The van der Waals surface area contributed by atoms with E-state index in [1.165, 1.54) is 24.6 Å². The second kappa shape index (κ2) is 7.31. The fraction of sp³-hybridized carbons (Fsp3) is 0.467. The van der Waals surface area contributed by atoms with Crippen LogP contribution in [0.5, 0.6) is 0 Å². The highest BCUT2D eigenvalue weighted by Crippen LogP contribution is 2.31. The molecule has 3 rings (SSSR count). The van der Waals surface area contributed by atoms with Crippen LogP contribution in [0, 0.1) is 6.92 Å². The largest absolute Gasteiger partial charge is 0.325 e. The molecule has 0 radical (unpaired) electrons. The Labute approximate surface area is 144 Å². The summed E-state index contributed by atoms with van der Waals surface area (Å²) in [6, 6.07) is 5.84. The van der Waals surface area contributed by atoms with Gasteiger partial charge in [0.2, 0.25) is 11.1 Å². The van der Waals surface area contributed by atoms with Crippen LogP contribution in [0.1, 0.15) is 37.3 Å². The fourth-order valence-electron chi connectivity index (χ4n) is 2.66. The molecular weight excluding hydrogens is 334 g/mol. The van der Waals surface area contributed by atoms with E-state index in [0.717, 1.165) is 18.4 Å². The maximum atomic E-state index is 12.1. The standard InChI is InChI=1S/C15H18ClN5OS/c1-10-6-7-11(8-13(10)16)17-14(22)9-23-15-18-19-20-21(15)12-4-2-3-5-12/h6-8,12H,2-5,9H2,1H3,(H,17,22). The summed E-state index contributed by atoms with van der Waals surface area (Å²) in [7, 11) is 0. The van der Waals surface area contributed by atoms with Crippen molar-refractivity contribution in [2.45, 2.75) is 43.8 Å². The van der Waals surface area contributed by atoms with Crippen molar-refractivity contribution in [1.29, 1.82) is 0 Å². The first-order valence-electron chi connectivity index (χ1n) is 7.60. The molecule has 1 aromatic carbocycles. The van der Waals surface area contributed by atoms with Gasteiger partial charge in [0.05, 0.1) is 11.8 Å². The van der Waals surface area contributed by atoms with Crippen LogP contribution in [0.15, 0.2) is 23.4 Å². The van der Waals surface area contributed by atoms with Crippen molar-refractivity contribution in [3.8, 4) is 0 Å². The van der Waals surface area contributed by atoms with Crippen LogP contribution in [-0.2, 0) is 4.79 Å². The average Bonchev–Trinajstić information content (AvgIpc) is 3.19. The Morgan fingerprint density at radius 2 is 2.22 bits per heavy atom. The molecule has 0 aliphatic heterocycles. The second-order valence-electron chi connectivity index (χ2n) is 5.65. The number of nitrogens with one attached hydrogen (secondary N) is 1. The molecule has 1 N–H and O–H groups in total. The zero-order valence-electron chi connectivity index (χ0n) is 12.8. The number of hydrogen-bond donors (Lipinski definition) is 1. The number of aryl methyl sites for hydroxylation is 1. The van der Waals surface area contributed by atoms with Gasteiger partial charge in [0.1, 0.15) is 0 Å². The summed E-state index contributed by atoms with van der Waals surface area (Å²) in [5, 5.41) is 16.0. The maximum absolute atomic E-state index is 12.1. The molecule has 0 bridgehead atoms. The molecule has 1 aromatic heterocycles. The molecule has 0 spiro atoms. The molecule has 122 valence electrons. The summed E-state index contributed by atoms with van der Waals surface area (Å²) >= 11 is 7.42. The van der Waals surface area contributed by atoms with E-state index in [1.54, 1.807) is 6.07 Å². The van der Waals surface area contributed by atoms with E-state index >= 15 is 0 Å². The van der Waals surface area contributed by atoms with E-state index in [0.29, 0.717) is 21.9 Å². The number of anilines is 1. The van der Waals surface area contributed by atoms with Crippen LogP contribution in [0.3, 0.4) is 0 Å². The molecule has 8 heteroatoms. The third-order valence-corrected chi connectivity index (χ3v) is 5.26. The Bertz CT molecular complexity index is 699. The summed E-state index contributed by atoms with van der Waals surface area (Å²) in [5.74, 6) is 0.161. The van der Waals surface area contributed by atoms with Crippen molar-refractivity contribution < 1.29 is 4.79 Å². The first-order chi connectivity index (χ1) is 11.1. The Kier molecular flexibility index (Phi) is 5.17. The van der Waals surface area contributed by atoms with E-state index in [-0.39, 0.29) is 11.7 Å². The predicted molar refractivity (Wildman–Crippen MR) is 90.9 cm³/mol. The molecule has 6 nitrogen and oxygen atoms in total. The number of nitrogens with zero attached hydrogens (tertiary/aromatic N) is 4. The molecule has 1 amide bonds. The highest BCUT2D eigenvalue weighted by Gasteiger charge is 2.22. The van der Waals surface area contributed by atoms with Crippen molar-refractivity contribution in [3.05, 3.63) is 28.8 Å². The van der Waals surface area contributed by atoms with E-state index < -0.39 is 0 Å². The minimum Gasteiger partial charge on any atom is -0.325 e. The van der Waals surface area contributed by atoms with Crippen LogP contribution in [0.4, 0.5) is 5.69 Å². The van der Waals surface area contributed by atoms with Crippen molar-refractivity contribution >= 4 is 35.0 Å². The lowest BCUT2D eigenvalue weighted by atomic mass is 10.2. The molecular formula is C15H18ClN5OS. The minimum absolute atomic E-state index is 0.101.